The van der Waals surface area contributed by atoms with Gasteiger partial charge in [0.2, 0.25) is 0 Å². The van der Waals surface area contributed by atoms with Gasteiger partial charge in [0.1, 0.15) is 0 Å². The summed E-state index contributed by atoms with van der Waals surface area (Å²) in [5, 5.41) is 6.32. The summed E-state index contributed by atoms with van der Waals surface area (Å²) in [6.07, 6.45) is 0. The van der Waals surface area contributed by atoms with Crippen LogP contribution in [0.15, 0.2) is 78.9 Å². The molecule has 3 aromatic carbocycles. The van der Waals surface area contributed by atoms with Crippen molar-refractivity contribution in [3.05, 3.63) is 101 Å². The standard InChI is InChI=1S/C23H20ClN3O2S/c1-27(23(30)26-21(28)17-11-13-18(24)14-12-17)20-10-6-5-9-19(20)22(29)25-15-16-7-3-2-4-8-16/h2-14H,15H2,1H3,(H,25,29)(H,26,28,30). The summed E-state index contributed by atoms with van der Waals surface area (Å²) in [5.41, 5.74) is 2.48. The molecule has 7 heteroatoms. The van der Waals surface area contributed by atoms with Crippen molar-refractivity contribution in [1.82, 2.24) is 10.6 Å². The van der Waals surface area contributed by atoms with E-state index in [1.54, 1.807) is 54.4 Å². The molecule has 2 N–H and O–H groups in total. The van der Waals surface area contributed by atoms with E-state index < -0.39 is 0 Å². The molecule has 152 valence electrons. The SMILES string of the molecule is CN(C(=S)NC(=O)c1ccc(Cl)cc1)c1ccccc1C(=O)NCc1ccccc1. The van der Waals surface area contributed by atoms with Crippen molar-refractivity contribution in [2.45, 2.75) is 6.54 Å². The summed E-state index contributed by atoms with van der Waals surface area (Å²) in [6, 6.07) is 23.2. The number of nitrogens with zero attached hydrogens (tertiary/aromatic N) is 1. The largest absolute Gasteiger partial charge is 0.348 e. The lowest BCUT2D eigenvalue weighted by molar-refractivity contribution is 0.0950. The zero-order valence-electron chi connectivity index (χ0n) is 16.3. The molecule has 0 radical (unpaired) electrons. The van der Waals surface area contributed by atoms with Gasteiger partial charge in [-0.15, -0.1) is 0 Å². The molecule has 0 fully saturated rings. The van der Waals surface area contributed by atoms with Gasteiger partial charge in [0.05, 0.1) is 11.3 Å². The molecule has 0 spiro atoms. The summed E-state index contributed by atoms with van der Waals surface area (Å²) < 4.78 is 0. The van der Waals surface area contributed by atoms with Gasteiger partial charge in [0.25, 0.3) is 11.8 Å². The monoisotopic (exact) mass is 437 g/mol. The number of rotatable bonds is 5. The Hall–Kier alpha value is -3.22. The third-order valence-corrected chi connectivity index (χ3v) is 5.07. The Balaban J connectivity index is 1.70. The lowest BCUT2D eigenvalue weighted by Gasteiger charge is -2.23. The number of hydrogen-bond acceptors (Lipinski definition) is 3. The number of thiocarbonyl (C=S) groups is 1. The third kappa shape index (κ3) is 5.43. The van der Waals surface area contributed by atoms with Crippen LogP contribution in [0.1, 0.15) is 26.3 Å². The highest BCUT2D eigenvalue weighted by molar-refractivity contribution is 7.80. The first-order valence-electron chi connectivity index (χ1n) is 9.21. The van der Waals surface area contributed by atoms with Crippen LogP contribution >= 0.6 is 23.8 Å². The van der Waals surface area contributed by atoms with Crippen molar-refractivity contribution < 1.29 is 9.59 Å². The van der Waals surface area contributed by atoms with Crippen LogP contribution in [0.3, 0.4) is 0 Å². The lowest BCUT2D eigenvalue weighted by Crippen LogP contribution is -2.41. The Labute approximate surface area is 185 Å². The van der Waals surface area contributed by atoms with Gasteiger partial charge < -0.3 is 10.2 Å². The lowest BCUT2D eigenvalue weighted by atomic mass is 10.1. The maximum absolute atomic E-state index is 12.8. The van der Waals surface area contributed by atoms with E-state index in [-0.39, 0.29) is 16.9 Å². The quantitative estimate of drug-likeness (QED) is 0.580. The zero-order chi connectivity index (χ0) is 21.5. The van der Waals surface area contributed by atoms with E-state index in [0.717, 1.165) is 5.56 Å². The van der Waals surface area contributed by atoms with Gasteiger partial charge in [0, 0.05) is 24.2 Å². The molecule has 0 unspecified atom stereocenters. The van der Waals surface area contributed by atoms with Gasteiger partial charge >= 0.3 is 0 Å². The van der Waals surface area contributed by atoms with E-state index in [1.807, 2.05) is 36.4 Å². The van der Waals surface area contributed by atoms with Crippen LogP contribution in [-0.2, 0) is 6.54 Å². The molecule has 0 atom stereocenters. The molecule has 30 heavy (non-hydrogen) atoms. The van der Waals surface area contributed by atoms with Gasteiger partial charge in [-0.2, -0.15) is 0 Å². The van der Waals surface area contributed by atoms with E-state index in [9.17, 15) is 9.59 Å². The maximum atomic E-state index is 12.8. The minimum atomic E-state index is -0.352. The fourth-order valence-corrected chi connectivity index (χ4v) is 3.11. The van der Waals surface area contributed by atoms with Crippen molar-refractivity contribution in [1.29, 1.82) is 0 Å². The number of carbonyl (C=O) groups is 2. The molecule has 0 aliphatic rings. The Morgan fingerprint density at radius 2 is 1.53 bits per heavy atom. The number of para-hydroxylation sites is 1. The van der Waals surface area contributed by atoms with Gasteiger partial charge in [-0.3, -0.25) is 14.9 Å². The summed E-state index contributed by atoms with van der Waals surface area (Å²) in [4.78, 5) is 26.8. The van der Waals surface area contributed by atoms with Crippen molar-refractivity contribution in [3.8, 4) is 0 Å². The van der Waals surface area contributed by atoms with E-state index in [2.05, 4.69) is 10.6 Å². The summed E-state index contributed by atoms with van der Waals surface area (Å²) in [7, 11) is 1.70. The van der Waals surface area contributed by atoms with Crippen LogP contribution in [0.2, 0.25) is 5.02 Å². The molecule has 0 saturated carbocycles. The van der Waals surface area contributed by atoms with Crippen molar-refractivity contribution in [3.63, 3.8) is 0 Å². The van der Waals surface area contributed by atoms with E-state index in [0.29, 0.717) is 28.4 Å². The fourth-order valence-electron chi connectivity index (χ4n) is 2.80. The van der Waals surface area contributed by atoms with Gasteiger partial charge in [0.15, 0.2) is 5.11 Å². The highest BCUT2D eigenvalue weighted by Crippen LogP contribution is 2.20. The predicted octanol–water partition coefficient (Wildman–Crippen LogP) is 4.42. The van der Waals surface area contributed by atoms with Crippen LogP contribution in [0.4, 0.5) is 5.69 Å². The zero-order valence-corrected chi connectivity index (χ0v) is 17.8. The minimum absolute atomic E-state index is 0.179. The molecule has 0 bridgehead atoms. The van der Waals surface area contributed by atoms with Crippen molar-refractivity contribution in [2.75, 3.05) is 11.9 Å². The molecule has 0 saturated heterocycles. The molecule has 0 aromatic heterocycles. The first kappa shape index (κ1) is 21.5. The second kappa shape index (κ2) is 10.0. The van der Waals surface area contributed by atoms with Gasteiger partial charge in [-0.05, 0) is 54.2 Å². The second-order valence-corrected chi connectivity index (χ2v) is 7.33. The van der Waals surface area contributed by atoms with Gasteiger partial charge in [-0.25, -0.2) is 0 Å². The van der Waals surface area contributed by atoms with Crippen LogP contribution in [0, 0.1) is 0 Å². The molecule has 0 aliphatic carbocycles. The summed E-state index contributed by atoms with van der Waals surface area (Å²) >= 11 is 11.2. The summed E-state index contributed by atoms with van der Waals surface area (Å²) in [5.74, 6) is -0.581. The highest BCUT2D eigenvalue weighted by Gasteiger charge is 2.18. The minimum Gasteiger partial charge on any atom is -0.348 e. The summed E-state index contributed by atoms with van der Waals surface area (Å²) in [6.45, 7) is 0.412. The Kier molecular flexibility index (Phi) is 7.17. The van der Waals surface area contributed by atoms with Crippen LogP contribution < -0.4 is 15.5 Å². The molecule has 5 nitrogen and oxygen atoms in total. The number of benzene rings is 3. The molecule has 0 aliphatic heterocycles. The first-order chi connectivity index (χ1) is 14.5. The molecule has 3 aromatic rings. The number of halogens is 1. The second-order valence-electron chi connectivity index (χ2n) is 6.51. The molecular formula is C23H20ClN3O2S. The average molecular weight is 438 g/mol. The first-order valence-corrected chi connectivity index (χ1v) is 10.00. The predicted molar refractivity (Wildman–Crippen MR) is 124 cm³/mol. The topological polar surface area (TPSA) is 61.4 Å². The van der Waals surface area contributed by atoms with Gasteiger partial charge in [-0.1, -0.05) is 54.1 Å². The Bertz CT molecular complexity index is 1060. The normalized spacial score (nSPS) is 10.2. The van der Waals surface area contributed by atoms with Crippen LogP contribution in [0.25, 0.3) is 0 Å². The van der Waals surface area contributed by atoms with E-state index in [1.165, 1.54) is 0 Å². The number of anilines is 1. The molecular weight excluding hydrogens is 418 g/mol. The van der Waals surface area contributed by atoms with E-state index >= 15 is 0 Å². The molecule has 3 rings (SSSR count). The molecule has 0 heterocycles. The number of amides is 2. The van der Waals surface area contributed by atoms with Crippen molar-refractivity contribution >= 4 is 46.4 Å². The van der Waals surface area contributed by atoms with E-state index in [4.69, 9.17) is 23.8 Å². The van der Waals surface area contributed by atoms with Crippen molar-refractivity contribution in [2.24, 2.45) is 0 Å². The smallest absolute Gasteiger partial charge is 0.257 e. The van der Waals surface area contributed by atoms with Crippen LogP contribution in [-0.4, -0.2) is 24.0 Å². The number of hydrogen-bond donors (Lipinski definition) is 2. The molecule has 2 amide bonds. The third-order valence-electron chi connectivity index (χ3n) is 4.44. The number of carbonyl (C=O) groups excluding carboxylic acids is 2. The van der Waals surface area contributed by atoms with Crippen LogP contribution in [0.5, 0.6) is 0 Å². The Morgan fingerprint density at radius 3 is 2.23 bits per heavy atom. The Morgan fingerprint density at radius 1 is 0.900 bits per heavy atom. The number of nitrogens with one attached hydrogen (secondary N) is 2. The fraction of sp³-hybridized carbons (Fsp3) is 0.0870. The average Bonchev–Trinajstić information content (AvgIpc) is 2.78. The highest BCUT2D eigenvalue weighted by atomic mass is 35.5. The maximum Gasteiger partial charge on any atom is 0.257 e.